The number of phenolic OH excluding ortho intramolecular Hbond substituents is 6. The Morgan fingerprint density at radius 3 is 0.392 bits per heavy atom. The topological polar surface area (TPSA) is 121 Å². The molecule has 12 bridgehead atoms. The van der Waals surface area contributed by atoms with Crippen LogP contribution in [0.1, 0.15) is 417 Å². The van der Waals surface area contributed by atoms with Crippen molar-refractivity contribution >= 4 is 0 Å². The zero-order valence-corrected chi connectivity index (χ0v) is 68.1. The molecule has 1 aliphatic carbocycles. The Morgan fingerprint density at radius 2 is 0.294 bits per heavy atom. The van der Waals surface area contributed by atoms with E-state index in [9.17, 15) is 30.6 Å². The lowest BCUT2D eigenvalue weighted by Crippen LogP contribution is -2.20. The molecule has 6 nitrogen and oxygen atoms in total. The minimum Gasteiger partial charge on any atom is -0.507 e. The fourth-order valence-corrected chi connectivity index (χ4v) is 16.6. The number of hydrogen-bond acceptors (Lipinski definition) is 6. The maximum Gasteiger partial charge on any atom is 0.122 e. The number of rotatable bonds is 36. The molecule has 0 unspecified atom stereocenters. The summed E-state index contributed by atoms with van der Waals surface area (Å²) in [5, 5.41) is 79.7. The van der Waals surface area contributed by atoms with Crippen LogP contribution in [-0.4, -0.2) is 30.6 Å². The van der Waals surface area contributed by atoms with Crippen molar-refractivity contribution in [3.05, 3.63) is 173 Å². The maximum absolute atomic E-state index is 13.3. The predicted octanol–water partition coefficient (Wildman–Crippen LogP) is 27.3. The summed E-state index contributed by atoms with van der Waals surface area (Å²) in [7, 11) is 0. The Morgan fingerprint density at radius 1 is 0.186 bits per heavy atom. The molecule has 0 amide bonds. The lowest BCUT2D eigenvalue weighted by Gasteiger charge is -2.30. The minimum absolute atomic E-state index is 0.173. The highest BCUT2D eigenvalue weighted by Crippen LogP contribution is 2.48. The smallest absolute Gasteiger partial charge is 0.122 e. The molecule has 0 radical (unpaired) electrons. The summed E-state index contributed by atoms with van der Waals surface area (Å²) in [6.07, 6.45) is 34.7. The molecule has 0 fully saturated rings. The number of hydrogen-bond donors (Lipinski definition) is 6. The second-order valence-corrected chi connectivity index (χ2v) is 36.1. The van der Waals surface area contributed by atoms with Crippen molar-refractivity contribution in [2.75, 3.05) is 0 Å². The van der Waals surface area contributed by atoms with E-state index in [-0.39, 0.29) is 106 Å². The van der Waals surface area contributed by atoms with Gasteiger partial charge in [-0.1, -0.05) is 352 Å². The van der Waals surface area contributed by atoms with E-state index in [2.05, 4.69) is 197 Å². The first kappa shape index (κ1) is 83.4. The van der Waals surface area contributed by atoms with E-state index >= 15 is 0 Å². The highest BCUT2D eigenvalue weighted by molar-refractivity contribution is 5.61. The highest BCUT2D eigenvalue weighted by atomic mass is 16.3. The Labute approximate surface area is 622 Å². The van der Waals surface area contributed by atoms with E-state index < -0.39 is 0 Å². The predicted molar refractivity (Wildman–Crippen MR) is 436 cm³/mol. The third-order valence-corrected chi connectivity index (χ3v) is 24.5. The van der Waals surface area contributed by atoms with Crippen LogP contribution < -0.4 is 0 Å². The van der Waals surface area contributed by atoms with Crippen LogP contribution in [0.25, 0.3) is 0 Å². The molecule has 0 spiro atoms. The SMILES string of the molecule is CCCCCCC(C)(C)c1cc2c(O)c(c1)Cc1cc(C(C)(C)CCCCCC)cc(c1O)Cc1cc(C(C)(C)CCCCCC)cc(c1O)Cc1cc(C(C)(C)CCCCCC)cc(c1O)Cc1cc(C(C)(C)CCCCCC)cc(c1O)Cc1cc(C(C)(C)CCCCCC)cc(c1O)C2. The molecule has 6 heteroatoms. The molecule has 0 heterocycles. The fraction of sp³-hybridized carbons (Fsp3) is 0.625. The molecule has 102 heavy (non-hydrogen) atoms. The molecule has 0 saturated carbocycles. The summed E-state index contributed by atoms with van der Waals surface area (Å²) >= 11 is 0. The summed E-state index contributed by atoms with van der Waals surface area (Å²) in [4.78, 5) is 0. The lowest BCUT2D eigenvalue weighted by molar-refractivity contribution is 0.434. The minimum atomic E-state index is -0.268. The Kier molecular flexibility index (Phi) is 30.6. The number of aromatic hydroxyl groups is 6. The molecule has 0 aromatic heterocycles. The molecule has 0 aliphatic heterocycles. The number of unbranched alkanes of at least 4 members (excludes halogenated alkanes) is 18. The molecule has 0 saturated heterocycles. The molecule has 6 N–H and O–H groups in total. The van der Waals surface area contributed by atoms with E-state index in [1.54, 1.807) is 0 Å². The van der Waals surface area contributed by atoms with Crippen molar-refractivity contribution in [2.45, 2.75) is 388 Å². The van der Waals surface area contributed by atoms with Crippen LogP contribution in [0.15, 0.2) is 72.8 Å². The first-order valence-electron chi connectivity index (χ1n) is 41.4. The van der Waals surface area contributed by atoms with Crippen molar-refractivity contribution in [1.82, 2.24) is 0 Å². The van der Waals surface area contributed by atoms with Gasteiger partial charge >= 0.3 is 0 Å². The van der Waals surface area contributed by atoms with Gasteiger partial charge < -0.3 is 30.6 Å². The fourth-order valence-electron chi connectivity index (χ4n) is 16.6. The van der Waals surface area contributed by atoms with Gasteiger partial charge in [-0.05, 0) is 171 Å². The van der Waals surface area contributed by atoms with E-state index in [1.807, 2.05) is 0 Å². The summed E-state index contributed by atoms with van der Waals surface area (Å²) in [5.41, 5.74) is 14.0. The van der Waals surface area contributed by atoms with Gasteiger partial charge in [-0.25, -0.2) is 0 Å². The van der Waals surface area contributed by atoms with Gasteiger partial charge in [0.15, 0.2) is 0 Å². The summed E-state index contributed by atoms with van der Waals surface area (Å²) in [6.45, 7) is 41.6. The molecule has 564 valence electrons. The third kappa shape index (κ3) is 22.1. The summed E-state index contributed by atoms with van der Waals surface area (Å²) < 4.78 is 0. The van der Waals surface area contributed by atoms with Gasteiger partial charge in [0.2, 0.25) is 0 Å². The zero-order chi connectivity index (χ0) is 74.8. The largest absolute Gasteiger partial charge is 0.507 e. The number of benzene rings is 6. The highest BCUT2D eigenvalue weighted by Gasteiger charge is 2.33. The van der Waals surface area contributed by atoms with Gasteiger partial charge in [-0.2, -0.15) is 0 Å². The zero-order valence-electron chi connectivity index (χ0n) is 68.1. The molecular weight excluding hydrogens is 1250 g/mol. The molecule has 0 atom stereocenters. The second kappa shape index (κ2) is 37.4. The van der Waals surface area contributed by atoms with Gasteiger partial charge in [0, 0.05) is 38.5 Å². The van der Waals surface area contributed by atoms with Crippen LogP contribution in [-0.2, 0) is 71.0 Å². The maximum atomic E-state index is 13.3. The van der Waals surface area contributed by atoms with Crippen molar-refractivity contribution in [1.29, 1.82) is 0 Å². The summed E-state index contributed by atoms with van der Waals surface area (Å²) in [6, 6.07) is 26.5. The van der Waals surface area contributed by atoms with Gasteiger partial charge in [0.05, 0.1) is 0 Å². The Balaban J connectivity index is 1.62. The quantitative estimate of drug-likeness (QED) is 0.0218. The van der Waals surface area contributed by atoms with E-state index in [4.69, 9.17) is 0 Å². The van der Waals surface area contributed by atoms with Crippen LogP contribution in [0.5, 0.6) is 34.5 Å². The second-order valence-electron chi connectivity index (χ2n) is 36.1. The van der Waals surface area contributed by atoms with E-state index in [0.717, 1.165) is 254 Å². The van der Waals surface area contributed by atoms with Crippen molar-refractivity contribution in [2.24, 2.45) is 0 Å². The first-order chi connectivity index (χ1) is 48.3. The van der Waals surface area contributed by atoms with Crippen LogP contribution in [0.2, 0.25) is 0 Å². The molecule has 7 rings (SSSR count). The van der Waals surface area contributed by atoms with Crippen LogP contribution in [0.4, 0.5) is 0 Å². The average molecular weight is 1390 g/mol. The molecule has 6 aromatic rings. The normalized spacial score (nSPS) is 13.6. The van der Waals surface area contributed by atoms with Crippen molar-refractivity contribution in [3.63, 3.8) is 0 Å². The molecule has 6 aromatic carbocycles. The molecular formula is C96H144O6. The standard InChI is InChI=1S/C96H144O6/c1-19-25-31-37-43-91(7,8)79-55-67-49-69-57-80(92(9,10)44-38-32-26-20-2)59-71(86(69)98)51-73-61-82(94(13,14)46-40-34-28-22-4)63-75(88(73)100)53-77-65-84(96(17,18)48-42-36-30-24-6)66-78(90(77)102)54-76-64-83(95(15,16)47-41-35-29-23-5)62-74(89(76)101)52-72-60-81(93(11,12)45-39-33-27-21-3)58-70(87(72)99)50-68(56-79)85(67)97/h55-66,97-102H,19-54H2,1-18H3. The van der Waals surface area contributed by atoms with Crippen molar-refractivity contribution in [3.8, 4) is 34.5 Å². The number of phenols is 6. The lowest BCUT2D eigenvalue weighted by atomic mass is 9.75. The van der Waals surface area contributed by atoms with Crippen LogP contribution in [0, 0.1) is 0 Å². The number of fused-ring (bicyclic) bond motifs is 12. The average Bonchev–Trinajstić information content (AvgIpc) is 0.775. The van der Waals surface area contributed by atoms with Gasteiger partial charge in [0.25, 0.3) is 0 Å². The van der Waals surface area contributed by atoms with E-state index in [0.29, 0.717) is 0 Å². The Bertz CT molecular complexity index is 2900. The van der Waals surface area contributed by atoms with Crippen LogP contribution in [0.3, 0.4) is 0 Å². The Hall–Kier alpha value is -5.88. The van der Waals surface area contributed by atoms with Gasteiger partial charge in [-0.15, -0.1) is 0 Å². The van der Waals surface area contributed by atoms with Crippen molar-refractivity contribution < 1.29 is 30.6 Å². The summed E-state index contributed by atoms with van der Waals surface area (Å²) in [5.74, 6) is 1.04. The third-order valence-electron chi connectivity index (χ3n) is 24.5. The van der Waals surface area contributed by atoms with E-state index in [1.165, 1.54) is 38.5 Å². The van der Waals surface area contributed by atoms with Gasteiger partial charge in [-0.3, -0.25) is 0 Å². The first-order valence-corrected chi connectivity index (χ1v) is 41.4. The monoisotopic (exact) mass is 1390 g/mol. The van der Waals surface area contributed by atoms with Crippen LogP contribution >= 0.6 is 0 Å². The molecule has 1 aliphatic rings. The van der Waals surface area contributed by atoms with Gasteiger partial charge in [0.1, 0.15) is 34.5 Å².